The van der Waals surface area contributed by atoms with Crippen LogP contribution in [0.15, 0.2) is 63.8 Å². The van der Waals surface area contributed by atoms with Crippen LogP contribution in [0.25, 0.3) is 22.1 Å². The molecule has 0 aliphatic carbocycles. The molecule has 0 atom stereocenters. The fourth-order valence-electron chi connectivity index (χ4n) is 4.18. The molecule has 5 nitrogen and oxygen atoms in total. The van der Waals surface area contributed by atoms with Gasteiger partial charge in [-0.15, -0.1) is 0 Å². The van der Waals surface area contributed by atoms with Gasteiger partial charge in [0, 0.05) is 17.5 Å². The van der Waals surface area contributed by atoms with E-state index < -0.39 is 0 Å². The van der Waals surface area contributed by atoms with E-state index in [4.69, 9.17) is 30.2 Å². The predicted molar refractivity (Wildman–Crippen MR) is 133 cm³/mol. The second-order valence-corrected chi connectivity index (χ2v) is 8.74. The Hall–Kier alpha value is -3.44. The van der Waals surface area contributed by atoms with E-state index in [0.717, 1.165) is 29.5 Å². The van der Waals surface area contributed by atoms with Gasteiger partial charge in [0.25, 0.3) is 0 Å². The van der Waals surface area contributed by atoms with Gasteiger partial charge in [0.2, 0.25) is 5.43 Å². The zero-order valence-corrected chi connectivity index (χ0v) is 19.9. The van der Waals surface area contributed by atoms with Gasteiger partial charge in [-0.2, -0.15) is 0 Å². The minimum Gasteiger partial charge on any atom is -0.490 e. The lowest BCUT2D eigenvalue weighted by Crippen LogP contribution is -2.09. The summed E-state index contributed by atoms with van der Waals surface area (Å²) in [6, 6.07) is 16.8. The number of fused-ring (bicyclic) bond motifs is 2. The van der Waals surface area contributed by atoms with Gasteiger partial charge in [-0.05, 0) is 60.4 Å². The highest BCUT2D eigenvalue weighted by atomic mass is 35.5. The van der Waals surface area contributed by atoms with Crippen molar-refractivity contribution < 1.29 is 18.6 Å². The van der Waals surface area contributed by atoms with Gasteiger partial charge in [0.05, 0.1) is 24.2 Å². The first-order valence-corrected chi connectivity index (χ1v) is 11.8. The van der Waals surface area contributed by atoms with Crippen LogP contribution in [0.2, 0.25) is 5.02 Å². The van der Waals surface area contributed by atoms with Crippen molar-refractivity contribution in [2.45, 2.75) is 33.3 Å². The van der Waals surface area contributed by atoms with E-state index in [1.54, 1.807) is 6.92 Å². The number of halogens is 1. The lowest BCUT2D eigenvalue weighted by atomic mass is 10.0. The highest BCUT2D eigenvalue weighted by Crippen LogP contribution is 2.36. The number of rotatable bonds is 5. The summed E-state index contributed by atoms with van der Waals surface area (Å²) in [4.78, 5) is 13.6. The molecule has 34 heavy (non-hydrogen) atoms. The van der Waals surface area contributed by atoms with E-state index in [2.05, 4.69) is 0 Å². The Balaban J connectivity index is 1.54. The molecule has 1 aliphatic heterocycles. The number of hydrogen-bond donors (Lipinski definition) is 0. The number of aryl methyl sites for hydroxylation is 2. The third kappa shape index (κ3) is 4.36. The zero-order valence-electron chi connectivity index (χ0n) is 19.2. The van der Waals surface area contributed by atoms with Crippen molar-refractivity contribution in [2.75, 3.05) is 13.2 Å². The number of hydrogen-bond acceptors (Lipinski definition) is 5. The van der Waals surface area contributed by atoms with Crippen LogP contribution < -0.4 is 19.6 Å². The highest BCUT2D eigenvalue weighted by Gasteiger charge is 2.19. The van der Waals surface area contributed by atoms with Crippen LogP contribution in [0.4, 0.5) is 0 Å². The summed E-state index contributed by atoms with van der Waals surface area (Å²) >= 11 is 5.97. The second-order valence-electron chi connectivity index (χ2n) is 8.30. The minimum atomic E-state index is -0.0767. The second kappa shape index (κ2) is 9.43. The van der Waals surface area contributed by atoms with Crippen LogP contribution >= 0.6 is 11.6 Å². The van der Waals surface area contributed by atoms with E-state index in [0.29, 0.717) is 64.4 Å². The van der Waals surface area contributed by atoms with Gasteiger partial charge in [-0.25, -0.2) is 0 Å². The molecule has 0 amide bonds. The molecule has 0 spiro atoms. The molecule has 3 aromatic carbocycles. The Kier molecular flexibility index (Phi) is 6.20. The standard InChI is InChI=1S/C28H25ClO5/c1-3-19-13-22-25(15-24(19)33-16-18-5-8-21(29)9-6-18)34-17(2)27(28(22)30)20-7-10-23-26(14-20)32-12-4-11-31-23/h5-10,13-15H,3-4,11-12,16H2,1-2H3. The molecule has 0 unspecified atom stereocenters. The largest absolute Gasteiger partial charge is 0.490 e. The average molecular weight is 477 g/mol. The third-order valence-electron chi connectivity index (χ3n) is 5.97. The Morgan fingerprint density at radius 1 is 0.971 bits per heavy atom. The van der Waals surface area contributed by atoms with Crippen molar-refractivity contribution in [3.63, 3.8) is 0 Å². The Morgan fingerprint density at radius 3 is 2.50 bits per heavy atom. The van der Waals surface area contributed by atoms with Crippen LogP contribution in [-0.4, -0.2) is 13.2 Å². The minimum absolute atomic E-state index is 0.0767. The molecule has 6 heteroatoms. The van der Waals surface area contributed by atoms with Gasteiger partial charge in [-0.3, -0.25) is 4.79 Å². The van der Waals surface area contributed by atoms with Crippen LogP contribution in [0.3, 0.4) is 0 Å². The van der Waals surface area contributed by atoms with Crippen molar-refractivity contribution in [2.24, 2.45) is 0 Å². The summed E-state index contributed by atoms with van der Waals surface area (Å²) in [5, 5.41) is 1.22. The molecular formula is C28H25ClO5. The van der Waals surface area contributed by atoms with Gasteiger partial charge >= 0.3 is 0 Å². The molecule has 1 aliphatic rings. The summed E-state index contributed by atoms with van der Waals surface area (Å²) < 4.78 is 23.8. The monoisotopic (exact) mass is 476 g/mol. The van der Waals surface area contributed by atoms with Gasteiger partial charge in [0.1, 0.15) is 23.7 Å². The van der Waals surface area contributed by atoms with E-state index in [-0.39, 0.29) is 5.43 Å². The summed E-state index contributed by atoms with van der Waals surface area (Å²) in [5.74, 6) is 2.59. The molecule has 0 saturated carbocycles. The molecule has 0 fully saturated rings. The topological polar surface area (TPSA) is 57.9 Å². The van der Waals surface area contributed by atoms with Crippen LogP contribution in [0, 0.1) is 6.92 Å². The molecule has 0 radical (unpaired) electrons. The van der Waals surface area contributed by atoms with Crippen molar-refractivity contribution in [1.29, 1.82) is 0 Å². The quantitative estimate of drug-likeness (QED) is 0.320. The molecule has 0 saturated heterocycles. The normalized spacial score (nSPS) is 13.0. The Labute approximate surface area is 202 Å². The molecule has 4 aromatic rings. The van der Waals surface area contributed by atoms with E-state index in [1.165, 1.54) is 0 Å². The summed E-state index contributed by atoms with van der Waals surface area (Å²) in [6.45, 7) is 5.44. The van der Waals surface area contributed by atoms with Crippen LogP contribution in [0.5, 0.6) is 17.2 Å². The molecule has 5 rings (SSSR count). The molecular weight excluding hydrogens is 452 g/mol. The first-order valence-electron chi connectivity index (χ1n) is 11.4. The first kappa shape index (κ1) is 22.4. The predicted octanol–water partition coefficient (Wildman–Crippen LogP) is 6.72. The SMILES string of the molecule is CCc1cc2c(=O)c(-c3ccc4c(c3)OCCCO4)c(C)oc2cc1OCc1ccc(Cl)cc1. The number of ether oxygens (including phenoxy) is 3. The van der Waals surface area contributed by atoms with Crippen molar-refractivity contribution >= 4 is 22.6 Å². The van der Waals surface area contributed by atoms with Crippen molar-refractivity contribution in [1.82, 2.24) is 0 Å². The molecule has 1 aromatic heterocycles. The summed E-state index contributed by atoms with van der Waals surface area (Å²) in [7, 11) is 0. The maximum atomic E-state index is 13.6. The smallest absolute Gasteiger partial charge is 0.200 e. The maximum Gasteiger partial charge on any atom is 0.200 e. The van der Waals surface area contributed by atoms with Crippen LogP contribution in [0.1, 0.15) is 30.2 Å². The van der Waals surface area contributed by atoms with E-state index >= 15 is 0 Å². The fourth-order valence-corrected chi connectivity index (χ4v) is 4.31. The first-order chi connectivity index (χ1) is 16.5. The van der Waals surface area contributed by atoms with E-state index in [9.17, 15) is 4.79 Å². The van der Waals surface area contributed by atoms with Gasteiger partial charge in [-0.1, -0.05) is 36.7 Å². The van der Waals surface area contributed by atoms with Crippen LogP contribution in [-0.2, 0) is 13.0 Å². The molecule has 0 bridgehead atoms. The average Bonchev–Trinajstić information content (AvgIpc) is 3.08. The molecule has 174 valence electrons. The van der Waals surface area contributed by atoms with Gasteiger partial charge in [0.15, 0.2) is 11.5 Å². The molecule has 2 heterocycles. The Morgan fingerprint density at radius 2 is 1.74 bits per heavy atom. The Bertz CT molecular complexity index is 1410. The van der Waals surface area contributed by atoms with Gasteiger partial charge < -0.3 is 18.6 Å². The van der Waals surface area contributed by atoms with Crippen molar-refractivity contribution in [3.05, 3.63) is 86.7 Å². The summed E-state index contributed by atoms with van der Waals surface area (Å²) in [5.41, 5.74) is 3.66. The summed E-state index contributed by atoms with van der Waals surface area (Å²) in [6.07, 6.45) is 1.54. The fraction of sp³-hybridized carbons (Fsp3) is 0.250. The highest BCUT2D eigenvalue weighted by molar-refractivity contribution is 6.30. The lowest BCUT2D eigenvalue weighted by molar-refractivity contribution is 0.297. The molecule has 0 N–H and O–H groups in total. The van der Waals surface area contributed by atoms with E-state index in [1.807, 2.05) is 61.5 Å². The van der Waals surface area contributed by atoms with Crippen molar-refractivity contribution in [3.8, 4) is 28.4 Å². The third-order valence-corrected chi connectivity index (χ3v) is 6.23. The zero-order chi connectivity index (χ0) is 23.7. The lowest BCUT2D eigenvalue weighted by Gasteiger charge is -2.14. The maximum absolute atomic E-state index is 13.6. The number of benzene rings is 3.